The first-order valence-electron chi connectivity index (χ1n) is 12.5. The molecule has 1 aromatic carbocycles. The van der Waals surface area contributed by atoms with Crippen molar-refractivity contribution < 1.29 is 8.78 Å². The van der Waals surface area contributed by atoms with Gasteiger partial charge in [0.2, 0.25) is 0 Å². The zero-order valence-corrected chi connectivity index (χ0v) is 18.8. The topological polar surface area (TPSA) is 23.8 Å². The molecular weight excluding hydrogens is 376 g/mol. The van der Waals surface area contributed by atoms with Crippen molar-refractivity contribution >= 4 is 0 Å². The molecule has 0 atom stereocenters. The Morgan fingerprint density at radius 2 is 1.27 bits per heavy atom. The highest BCUT2D eigenvalue weighted by atomic mass is 19.1. The number of benzene rings is 1. The second kappa shape index (κ2) is 11.8. The van der Waals surface area contributed by atoms with Crippen molar-refractivity contribution in [3.05, 3.63) is 34.9 Å². The van der Waals surface area contributed by atoms with Gasteiger partial charge in [0.15, 0.2) is 0 Å². The fraction of sp³-hybridized carbons (Fsp3) is 0.741. The average Bonchev–Trinajstić information content (AvgIpc) is 2.76. The molecule has 0 aliphatic heterocycles. The van der Waals surface area contributed by atoms with Crippen LogP contribution in [0.25, 0.3) is 0 Å². The van der Waals surface area contributed by atoms with Crippen LogP contribution in [0.5, 0.6) is 0 Å². The highest BCUT2D eigenvalue weighted by molar-refractivity contribution is 5.36. The van der Waals surface area contributed by atoms with Crippen LogP contribution in [-0.4, -0.2) is 0 Å². The summed E-state index contributed by atoms with van der Waals surface area (Å²) in [5, 5.41) is 8.84. The van der Waals surface area contributed by atoms with E-state index in [1.165, 1.54) is 95.6 Å². The summed E-state index contributed by atoms with van der Waals surface area (Å²) < 4.78 is 27.9. The van der Waals surface area contributed by atoms with E-state index in [2.05, 4.69) is 6.92 Å². The van der Waals surface area contributed by atoms with E-state index in [1.807, 2.05) is 0 Å². The molecule has 2 aliphatic rings. The van der Waals surface area contributed by atoms with Crippen molar-refractivity contribution in [3.63, 3.8) is 0 Å². The Morgan fingerprint density at radius 1 is 0.767 bits per heavy atom. The van der Waals surface area contributed by atoms with E-state index in [9.17, 15) is 8.78 Å². The third-order valence-corrected chi connectivity index (χ3v) is 7.91. The second-order valence-corrected chi connectivity index (χ2v) is 10.0. The summed E-state index contributed by atoms with van der Waals surface area (Å²) >= 11 is 0. The number of unbranched alkanes of at least 4 members (excludes halogenated alkanes) is 3. The van der Waals surface area contributed by atoms with E-state index in [-0.39, 0.29) is 5.92 Å². The first-order valence-corrected chi connectivity index (χ1v) is 12.5. The lowest BCUT2D eigenvalue weighted by Gasteiger charge is -2.32. The van der Waals surface area contributed by atoms with Crippen LogP contribution in [0.2, 0.25) is 0 Å². The molecule has 0 amide bonds. The number of halogens is 2. The number of nitriles is 1. The largest absolute Gasteiger partial charge is 0.205 e. The molecule has 0 aromatic heterocycles. The van der Waals surface area contributed by atoms with Crippen molar-refractivity contribution in [3.8, 4) is 6.07 Å². The highest BCUT2D eigenvalue weighted by Crippen LogP contribution is 2.40. The molecule has 2 fully saturated rings. The van der Waals surface area contributed by atoms with Crippen molar-refractivity contribution in [2.24, 2.45) is 17.8 Å². The van der Waals surface area contributed by atoms with Crippen LogP contribution >= 0.6 is 0 Å². The van der Waals surface area contributed by atoms with E-state index in [0.29, 0.717) is 0 Å². The molecule has 2 saturated carbocycles. The Hall–Kier alpha value is -1.43. The van der Waals surface area contributed by atoms with Crippen LogP contribution in [-0.2, 0) is 0 Å². The fourth-order valence-corrected chi connectivity index (χ4v) is 5.86. The molecule has 1 aromatic rings. The molecule has 0 unspecified atom stereocenters. The average molecular weight is 416 g/mol. The minimum absolute atomic E-state index is 0.237. The minimum Gasteiger partial charge on any atom is -0.205 e. The molecule has 0 radical (unpaired) electrons. The van der Waals surface area contributed by atoms with Crippen LogP contribution in [0, 0.1) is 40.7 Å². The SMILES string of the molecule is CCCCCCC1CCC(CCC2CCC(c3cc(F)c(C#N)c(F)c3)CC2)CC1. The molecule has 166 valence electrons. The smallest absolute Gasteiger partial charge is 0.144 e. The molecule has 0 saturated heterocycles. The van der Waals surface area contributed by atoms with Crippen molar-refractivity contribution in [1.29, 1.82) is 5.26 Å². The van der Waals surface area contributed by atoms with Gasteiger partial charge in [-0.3, -0.25) is 0 Å². The zero-order chi connectivity index (χ0) is 21.3. The number of nitrogens with zero attached hydrogens (tertiary/aromatic N) is 1. The minimum atomic E-state index is -0.712. The number of rotatable bonds is 9. The van der Waals surface area contributed by atoms with Gasteiger partial charge in [-0.15, -0.1) is 0 Å². The third kappa shape index (κ3) is 6.53. The maximum atomic E-state index is 13.9. The quantitative estimate of drug-likeness (QED) is 0.370. The Bertz CT molecular complexity index is 668. The standard InChI is InChI=1S/C27H39F2N/c1-2-3-4-5-6-20-7-9-21(10-8-20)11-12-22-13-15-23(16-14-22)24-17-26(28)25(19-30)27(29)18-24/h17-18,20-23H,2-16H2,1H3. The van der Waals surface area contributed by atoms with Gasteiger partial charge in [-0.25, -0.2) is 8.78 Å². The summed E-state index contributed by atoms with van der Waals surface area (Å²) in [7, 11) is 0. The second-order valence-electron chi connectivity index (χ2n) is 10.0. The molecule has 0 spiro atoms. The normalized spacial score (nSPS) is 27.0. The van der Waals surface area contributed by atoms with Crippen molar-refractivity contribution in [2.75, 3.05) is 0 Å². The van der Waals surface area contributed by atoms with Gasteiger partial charge in [0.05, 0.1) is 0 Å². The van der Waals surface area contributed by atoms with Gasteiger partial charge in [-0.05, 0) is 67.1 Å². The van der Waals surface area contributed by atoms with Gasteiger partial charge in [0.1, 0.15) is 23.3 Å². The van der Waals surface area contributed by atoms with E-state index in [4.69, 9.17) is 5.26 Å². The predicted octanol–water partition coefficient (Wildman–Crippen LogP) is 8.67. The maximum Gasteiger partial charge on any atom is 0.144 e. The Balaban J connectivity index is 1.35. The van der Waals surface area contributed by atoms with Crippen LogP contribution in [0.3, 0.4) is 0 Å². The predicted molar refractivity (Wildman–Crippen MR) is 119 cm³/mol. The summed E-state index contributed by atoms with van der Waals surface area (Å²) in [6.07, 6.45) is 19.8. The van der Waals surface area contributed by atoms with E-state index in [0.717, 1.165) is 36.2 Å². The highest BCUT2D eigenvalue weighted by Gasteiger charge is 2.26. The molecule has 3 heteroatoms. The van der Waals surface area contributed by atoms with Crippen molar-refractivity contribution in [2.45, 2.75) is 109 Å². The van der Waals surface area contributed by atoms with E-state index < -0.39 is 17.2 Å². The molecule has 3 rings (SSSR count). The van der Waals surface area contributed by atoms with Crippen LogP contribution in [0.1, 0.15) is 120 Å². The van der Waals surface area contributed by atoms with Crippen LogP contribution < -0.4 is 0 Å². The summed E-state index contributed by atoms with van der Waals surface area (Å²) in [6, 6.07) is 4.38. The molecule has 2 aliphatic carbocycles. The third-order valence-electron chi connectivity index (χ3n) is 7.91. The first-order chi connectivity index (χ1) is 14.6. The molecular formula is C27H39F2N. The Labute approximate surface area is 182 Å². The molecule has 1 nitrogen and oxygen atoms in total. The molecule has 0 heterocycles. The summed E-state index contributed by atoms with van der Waals surface area (Å²) in [5.41, 5.74) is 0.280. The molecule has 0 N–H and O–H groups in total. The van der Waals surface area contributed by atoms with Gasteiger partial charge >= 0.3 is 0 Å². The van der Waals surface area contributed by atoms with Crippen molar-refractivity contribution in [1.82, 2.24) is 0 Å². The van der Waals surface area contributed by atoms with Gasteiger partial charge in [-0.1, -0.05) is 77.6 Å². The summed E-state index contributed by atoms with van der Waals surface area (Å²) in [6.45, 7) is 2.28. The van der Waals surface area contributed by atoms with E-state index >= 15 is 0 Å². The van der Waals surface area contributed by atoms with E-state index in [1.54, 1.807) is 6.07 Å². The van der Waals surface area contributed by atoms with Crippen LogP contribution in [0.15, 0.2) is 12.1 Å². The first kappa shape index (κ1) is 23.2. The van der Waals surface area contributed by atoms with Gasteiger partial charge in [0.25, 0.3) is 0 Å². The van der Waals surface area contributed by atoms with Gasteiger partial charge in [-0.2, -0.15) is 5.26 Å². The number of hydrogen-bond donors (Lipinski definition) is 0. The molecule has 0 bridgehead atoms. The maximum absolute atomic E-state index is 13.9. The zero-order valence-electron chi connectivity index (χ0n) is 18.8. The van der Waals surface area contributed by atoms with Gasteiger partial charge < -0.3 is 0 Å². The lowest BCUT2D eigenvalue weighted by atomic mass is 9.74. The lowest BCUT2D eigenvalue weighted by molar-refractivity contribution is 0.222. The monoisotopic (exact) mass is 415 g/mol. The molecule has 30 heavy (non-hydrogen) atoms. The lowest BCUT2D eigenvalue weighted by Crippen LogP contribution is -2.18. The van der Waals surface area contributed by atoms with Gasteiger partial charge in [0, 0.05) is 0 Å². The fourth-order valence-electron chi connectivity index (χ4n) is 5.86. The van der Waals surface area contributed by atoms with Crippen LogP contribution in [0.4, 0.5) is 8.78 Å². The Kier molecular flexibility index (Phi) is 9.16. The Morgan fingerprint density at radius 3 is 1.77 bits per heavy atom. The number of hydrogen-bond acceptors (Lipinski definition) is 1. The summed E-state index contributed by atoms with van der Waals surface area (Å²) in [4.78, 5) is 0. The summed E-state index contributed by atoms with van der Waals surface area (Å²) in [5.74, 6) is 1.51.